The van der Waals surface area contributed by atoms with Gasteiger partial charge in [-0.25, -0.2) is 0 Å². The summed E-state index contributed by atoms with van der Waals surface area (Å²) in [7, 11) is 0. The van der Waals surface area contributed by atoms with Crippen LogP contribution in [0.2, 0.25) is 0 Å². The second kappa shape index (κ2) is 7.13. The minimum atomic E-state index is -0.131. The number of rotatable bonds is 4. The van der Waals surface area contributed by atoms with Crippen molar-refractivity contribution in [2.45, 2.75) is 33.2 Å². The first-order valence-corrected chi connectivity index (χ1v) is 8.69. The number of amides is 2. The van der Waals surface area contributed by atoms with Crippen molar-refractivity contribution in [2.24, 2.45) is 0 Å². The molecule has 0 aliphatic carbocycles. The van der Waals surface area contributed by atoms with E-state index < -0.39 is 0 Å². The van der Waals surface area contributed by atoms with Crippen molar-refractivity contribution in [3.8, 4) is 0 Å². The minimum absolute atomic E-state index is 0.0738. The van der Waals surface area contributed by atoms with E-state index in [1.165, 1.54) is 6.26 Å². The van der Waals surface area contributed by atoms with Crippen LogP contribution in [0.15, 0.2) is 28.9 Å². The molecule has 0 radical (unpaired) electrons. The molecule has 1 saturated heterocycles. The van der Waals surface area contributed by atoms with Crippen LogP contribution in [0.1, 0.15) is 53.0 Å². The van der Waals surface area contributed by atoms with Gasteiger partial charge in [0.25, 0.3) is 11.8 Å². The molecule has 2 aromatic heterocycles. The van der Waals surface area contributed by atoms with Crippen molar-refractivity contribution < 1.29 is 14.0 Å². The van der Waals surface area contributed by atoms with Gasteiger partial charge in [-0.2, -0.15) is 5.10 Å². The summed E-state index contributed by atoms with van der Waals surface area (Å²) < 4.78 is 7.06. The van der Waals surface area contributed by atoms with Gasteiger partial charge in [0, 0.05) is 37.9 Å². The zero-order valence-electron chi connectivity index (χ0n) is 14.9. The summed E-state index contributed by atoms with van der Waals surface area (Å²) in [6, 6.07) is 5.46. The van der Waals surface area contributed by atoms with E-state index in [4.69, 9.17) is 4.42 Å². The third-order valence-electron chi connectivity index (χ3n) is 4.74. The van der Waals surface area contributed by atoms with Crippen molar-refractivity contribution in [1.82, 2.24) is 19.6 Å². The van der Waals surface area contributed by atoms with Gasteiger partial charge >= 0.3 is 0 Å². The zero-order chi connectivity index (χ0) is 18.0. The molecule has 0 aromatic carbocycles. The van der Waals surface area contributed by atoms with Crippen LogP contribution in [0.5, 0.6) is 0 Å². The monoisotopic (exact) mass is 344 g/mol. The third kappa shape index (κ3) is 3.45. The number of piperazine rings is 1. The molecule has 1 aliphatic heterocycles. The summed E-state index contributed by atoms with van der Waals surface area (Å²) in [6.45, 7) is 8.15. The Labute approximate surface area is 147 Å². The largest absolute Gasteiger partial charge is 0.459 e. The van der Waals surface area contributed by atoms with E-state index in [9.17, 15) is 9.59 Å². The molecule has 1 unspecified atom stereocenters. The summed E-state index contributed by atoms with van der Waals surface area (Å²) >= 11 is 0. The third-order valence-corrected chi connectivity index (χ3v) is 4.74. The summed E-state index contributed by atoms with van der Waals surface area (Å²) in [6.07, 6.45) is 2.45. The SMILES string of the molecule is CCC(C)n1nc(C(=O)N2CCN(C(=O)c3ccco3)CC2)cc1C. The highest BCUT2D eigenvalue weighted by atomic mass is 16.3. The molecule has 0 bridgehead atoms. The smallest absolute Gasteiger partial charge is 0.289 e. The summed E-state index contributed by atoms with van der Waals surface area (Å²) in [5.41, 5.74) is 1.47. The fourth-order valence-corrected chi connectivity index (χ4v) is 3.04. The van der Waals surface area contributed by atoms with Crippen molar-refractivity contribution in [2.75, 3.05) is 26.2 Å². The molecule has 25 heavy (non-hydrogen) atoms. The Morgan fingerprint density at radius 2 is 1.84 bits per heavy atom. The lowest BCUT2D eigenvalue weighted by molar-refractivity contribution is 0.0514. The first-order valence-electron chi connectivity index (χ1n) is 8.69. The Morgan fingerprint density at radius 1 is 1.20 bits per heavy atom. The number of hydrogen-bond donors (Lipinski definition) is 0. The van der Waals surface area contributed by atoms with Gasteiger partial charge in [0.2, 0.25) is 0 Å². The summed E-state index contributed by atoms with van der Waals surface area (Å²) in [5, 5.41) is 4.48. The Kier molecular flexibility index (Phi) is 4.92. The first-order chi connectivity index (χ1) is 12.0. The van der Waals surface area contributed by atoms with Crippen LogP contribution in [0.3, 0.4) is 0 Å². The number of carbonyl (C=O) groups excluding carboxylic acids is 2. The van der Waals surface area contributed by atoms with Gasteiger partial charge in [-0.1, -0.05) is 6.92 Å². The van der Waals surface area contributed by atoms with E-state index in [2.05, 4.69) is 18.9 Å². The van der Waals surface area contributed by atoms with E-state index >= 15 is 0 Å². The molecule has 1 aliphatic rings. The van der Waals surface area contributed by atoms with Crippen LogP contribution in [0, 0.1) is 6.92 Å². The predicted molar refractivity (Wildman–Crippen MR) is 92.5 cm³/mol. The van der Waals surface area contributed by atoms with Crippen LogP contribution in [0.25, 0.3) is 0 Å². The molecule has 3 heterocycles. The second-order valence-electron chi connectivity index (χ2n) is 6.43. The average Bonchev–Trinajstić information content (AvgIpc) is 3.30. The number of aromatic nitrogens is 2. The highest BCUT2D eigenvalue weighted by Gasteiger charge is 2.28. The minimum Gasteiger partial charge on any atom is -0.459 e. The first kappa shape index (κ1) is 17.3. The molecule has 3 rings (SSSR count). The number of aryl methyl sites for hydroxylation is 1. The van der Waals surface area contributed by atoms with Crippen molar-refractivity contribution in [1.29, 1.82) is 0 Å². The van der Waals surface area contributed by atoms with Crippen molar-refractivity contribution in [3.05, 3.63) is 41.6 Å². The van der Waals surface area contributed by atoms with E-state index in [1.54, 1.807) is 21.9 Å². The zero-order valence-corrected chi connectivity index (χ0v) is 14.9. The highest BCUT2D eigenvalue weighted by molar-refractivity contribution is 5.93. The summed E-state index contributed by atoms with van der Waals surface area (Å²) in [4.78, 5) is 28.5. The molecule has 2 amide bonds. The number of carbonyl (C=O) groups is 2. The average molecular weight is 344 g/mol. The van der Waals surface area contributed by atoms with Crippen molar-refractivity contribution >= 4 is 11.8 Å². The van der Waals surface area contributed by atoms with E-state index in [0.717, 1.165) is 12.1 Å². The molecule has 7 nitrogen and oxygen atoms in total. The molecule has 0 saturated carbocycles. The topological polar surface area (TPSA) is 71.6 Å². The quantitative estimate of drug-likeness (QED) is 0.853. The molecule has 134 valence electrons. The number of hydrogen-bond acceptors (Lipinski definition) is 4. The van der Waals surface area contributed by atoms with Crippen LogP contribution < -0.4 is 0 Å². The van der Waals surface area contributed by atoms with Crippen LogP contribution in [-0.4, -0.2) is 57.6 Å². The molecule has 7 heteroatoms. The lowest BCUT2D eigenvalue weighted by Crippen LogP contribution is -2.50. The molecule has 1 atom stereocenters. The summed E-state index contributed by atoms with van der Waals surface area (Å²) in [5.74, 6) is 0.131. The second-order valence-corrected chi connectivity index (χ2v) is 6.43. The van der Waals surface area contributed by atoms with E-state index in [-0.39, 0.29) is 17.9 Å². The Morgan fingerprint density at radius 3 is 2.40 bits per heavy atom. The molecule has 2 aromatic rings. The fourth-order valence-electron chi connectivity index (χ4n) is 3.04. The van der Waals surface area contributed by atoms with Gasteiger partial charge in [-0.05, 0) is 38.5 Å². The number of nitrogens with zero attached hydrogens (tertiary/aromatic N) is 4. The van der Waals surface area contributed by atoms with Gasteiger partial charge in [0.1, 0.15) is 0 Å². The Balaban J connectivity index is 1.63. The van der Waals surface area contributed by atoms with Gasteiger partial charge in [0.05, 0.1) is 6.26 Å². The lowest BCUT2D eigenvalue weighted by atomic mass is 10.2. The van der Waals surface area contributed by atoms with Crippen molar-refractivity contribution in [3.63, 3.8) is 0 Å². The van der Waals surface area contributed by atoms with E-state index in [0.29, 0.717) is 37.6 Å². The van der Waals surface area contributed by atoms with Crippen LogP contribution in [0.4, 0.5) is 0 Å². The maximum absolute atomic E-state index is 12.7. The maximum Gasteiger partial charge on any atom is 0.289 e. The Hall–Kier alpha value is -2.57. The standard InChI is InChI=1S/C18H24N4O3/c1-4-13(2)22-14(3)12-15(19-22)17(23)20-7-9-21(10-8-20)18(24)16-6-5-11-25-16/h5-6,11-13H,4,7-10H2,1-3H3. The van der Waals surface area contributed by atoms with Gasteiger partial charge < -0.3 is 14.2 Å². The van der Waals surface area contributed by atoms with Gasteiger partial charge in [-0.3, -0.25) is 14.3 Å². The lowest BCUT2D eigenvalue weighted by Gasteiger charge is -2.34. The number of furan rings is 1. The van der Waals surface area contributed by atoms with Gasteiger partial charge in [0.15, 0.2) is 11.5 Å². The fraction of sp³-hybridized carbons (Fsp3) is 0.500. The van der Waals surface area contributed by atoms with Gasteiger partial charge in [-0.15, -0.1) is 0 Å². The predicted octanol–water partition coefficient (Wildman–Crippen LogP) is 2.35. The maximum atomic E-state index is 12.7. The molecule has 1 fully saturated rings. The van der Waals surface area contributed by atoms with Crippen LogP contribution in [-0.2, 0) is 0 Å². The normalized spacial score (nSPS) is 16.1. The van der Waals surface area contributed by atoms with E-state index in [1.807, 2.05) is 17.7 Å². The molecular formula is C18H24N4O3. The van der Waals surface area contributed by atoms with Crippen LogP contribution >= 0.6 is 0 Å². The Bertz CT molecular complexity index is 742. The molecular weight excluding hydrogens is 320 g/mol. The molecule has 0 N–H and O–H groups in total. The molecule has 0 spiro atoms. The highest BCUT2D eigenvalue weighted by Crippen LogP contribution is 2.16.